The van der Waals surface area contributed by atoms with Crippen LogP contribution in [0.5, 0.6) is 0 Å². The molecular formula is C20H28N4O2S. The number of thioether (sulfide) groups is 1. The van der Waals surface area contributed by atoms with Crippen LogP contribution < -0.4 is 10.6 Å². The summed E-state index contributed by atoms with van der Waals surface area (Å²) in [6, 6.07) is 7.52. The number of amides is 2. The van der Waals surface area contributed by atoms with Gasteiger partial charge in [-0.15, -0.1) is 11.8 Å². The van der Waals surface area contributed by atoms with Gasteiger partial charge in [-0.25, -0.2) is 4.98 Å². The molecule has 0 bridgehead atoms. The predicted molar refractivity (Wildman–Crippen MR) is 109 cm³/mol. The summed E-state index contributed by atoms with van der Waals surface area (Å²) in [6.45, 7) is 7.37. The minimum Gasteiger partial charge on any atom is -0.353 e. The Hall–Kier alpha value is -2.28. The van der Waals surface area contributed by atoms with E-state index in [1.54, 1.807) is 12.3 Å². The summed E-state index contributed by atoms with van der Waals surface area (Å²) in [7, 11) is 0. The van der Waals surface area contributed by atoms with Crippen molar-refractivity contribution >= 4 is 23.6 Å². The Morgan fingerprint density at radius 3 is 2.70 bits per heavy atom. The third-order valence-corrected chi connectivity index (χ3v) is 5.05. The molecule has 146 valence electrons. The number of imidazole rings is 1. The topological polar surface area (TPSA) is 76.0 Å². The second-order valence-electron chi connectivity index (χ2n) is 6.64. The summed E-state index contributed by atoms with van der Waals surface area (Å²) >= 11 is 1.39. The average molecular weight is 389 g/mol. The van der Waals surface area contributed by atoms with E-state index < -0.39 is 0 Å². The second kappa shape index (κ2) is 10.8. The van der Waals surface area contributed by atoms with Crippen LogP contribution in [0.3, 0.4) is 0 Å². The molecule has 2 aromatic rings. The molecule has 0 saturated carbocycles. The van der Waals surface area contributed by atoms with Gasteiger partial charge in [0.15, 0.2) is 0 Å². The van der Waals surface area contributed by atoms with Crippen LogP contribution >= 0.6 is 11.8 Å². The lowest BCUT2D eigenvalue weighted by molar-refractivity contribution is -0.119. The van der Waals surface area contributed by atoms with E-state index >= 15 is 0 Å². The van der Waals surface area contributed by atoms with Gasteiger partial charge in [0.2, 0.25) is 5.91 Å². The van der Waals surface area contributed by atoms with E-state index in [0.717, 1.165) is 30.1 Å². The first-order valence-corrected chi connectivity index (χ1v) is 10.2. The lowest BCUT2D eigenvalue weighted by atomic mass is 10.2. The number of carbonyl (C=O) groups excluding carboxylic acids is 2. The van der Waals surface area contributed by atoms with Crippen molar-refractivity contribution in [3.8, 4) is 0 Å². The van der Waals surface area contributed by atoms with Crippen LogP contribution in [-0.4, -0.2) is 39.7 Å². The minimum atomic E-state index is -0.0961. The van der Waals surface area contributed by atoms with Gasteiger partial charge in [-0.2, -0.15) is 0 Å². The Balaban J connectivity index is 1.78. The van der Waals surface area contributed by atoms with Crippen molar-refractivity contribution in [3.63, 3.8) is 0 Å². The average Bonchev–Trinajstić information content (AvgIpc) is 3.04. The number of carbonyl (C=O) groups is 2. The molecule has 1 aromatic carbocycles. The molecule has 6 nitrogen and oxygen atoms in total. The number of hydrogen-bond donors (Lipinski definition) is 2. The highest BCUT2D eigenvalue weighted by Gasteiger charge is 2.12. The van der Waals surface area contributed by atoms with Crippen molar-refractivity contribution in [1.29, 1.82) is 0 Å². The summed E-state index contributed by atoms with van der Waals surface area (Å²) in [4.78, 5) is 29.4. The molecular weight excluding hydrogens is 360 g/mol. The number of unbranched alkanes of at least 4 members (excludes halogenated alkanes) is 1. The van der Waals surface area contributed by atoms with Gasteiger partial charge in [0, 0.05) is 36.4 Å². The lowest BCUT2D eigenvalue weighted by Crippen LogP contribution is -2.31. The minimum absolute atomic E-state index is 0.0278. The van der Waals surface area contributed by atoms with Crippen LogP contribution in [0.2, 0.25) is 0 Å². The summed E-state index contributed by atoms with van der Waals surface area (Å²) in [5.41, 5.74) is 0.616. The molecule has 0 aliphatic carbocycles. The molecule has 0 saturated heterocycles. The van der Waals surface area contributed by atoms with E-state index in [-0.39, 0.29) is 17.9 Å². The maximum Gasteiger partial charge on any atom is 0.252 e. The fourth-order valence-corrected chi connectivity index (χ4v) is 3.49. The number of benzene rings is 1. The number of hydrogen-bond acceptors (Lipinski definition) is 4. The highest BCUT2D eigenvalue weighted by atomic mass is 32.2. The molecule has 2 amide bonds. The first-order valence-electron chi connectivity index (χ1n) is 9.24. The Bertz CT molecular complexity index is 758. The van der Waals surface area contributed by atoms with Crippen molar-refractivity contribution in [2.45, 2.75) is 51.1 Å². The molecule has 0 aliphatic rings. The van der Waals surface area contributed by atoms with Crippen LogP contribution in [0.15, 0.2) is 41.6 Å². The summed E-state index contributed by atoms with van der Waals surface area (Å²) in [5, 5.41) is 5.83. The fourth-order valence-electron chi connectivity index (χ4n) is 2.63. The van der Waals surface area contributed by atoms with Crippen LogP contribution in [0, 0.1) is 6.92 Å². The summed E-state index contributed by atoms with van der Waals surface area (Å²) < 4.78 is 2.11. The molecule has 0 unspecified atom stereocenters. The normalized spacial score (nSPS) is 10.8. The molecule has 0 radical (unpaired) electrons. The van der Waals surface area contributed by atoms with Crippen LogP contribution in [0.25, 0.3) is 0 Å². The number of rotatable bonds is 10. The van der Waals surface area contributed by atoms with Crippen LogP contribution in [0.1, 0.15) is 42.9 Å². The van der Waals surface area contributed by atoms with Crippen molar-refractivity contribution in [2.75, 3.05) is 12.3 Å². The van der Waals surface area contributed by atoms with E-state index in [9.17, 15) is 9.59 Å². The molecule has 2 N–H and O–H groups in total. The Morgan fingerprint density at radius 1 is 1.22 bits per heavy atom. The molecule has 1 heterocycles. The van der Waals surface area contributed by atoms with Gasteiger partial charge in [-0.05, 0) is 45.7 Å². The standard InChI is InChI=1S/C20H28N4O2S/c1-15(2)23-19(25)14-27-18-9-5-4-8-17(18)20(26)22-10-6-7-12-24-13-11-21-16(24)3/h4-5,8-9,11,13,15H,6-7,10,12,14H2,1-3H3,(H,22,26)(H,23,25). The molecule has 2 rings (SSSR count). The van der Waals surface area contributed by atoms with E-state index in [1.807, 2.05) is 45.2 Å². The van der Waals surface area contributed by atoms with Crippen molar-refractivity contribution < 1.29 is 9.59 Å². The van der Waals surface area contributed by atoms with Gasteiger partial charge in [-0.3, -0.25) is 9.59 Å². The quantitative estimate of drug-likeness (QED) is 0.485. The summed E-state index contributed by atoms with van der Waals surface area (Å²) in [5.74, 6) is 1.18. The fraction of sp³-hybridized carbons (Fsp3) is 0.450. The second-order valence-corrected chi connectivity index (χ2v) is 7.66. The monoisotopic (exact) mass is 388 g/mol. The van der Waals surface area contributed by atoms with Crippen molar-refractivity contribution in [3.05, 3.63) is 48.0 Å². The van der Waals surface area contributed by atoms with Crippen LogP contribution in [0.4, 0.5) is 0 Å². The number of aryl methyl sites for hydroxylation is 2. The van der Waals surface area contributed by atoms with Gasteiger partial charge in [0.05, 0.1) is 11.3 Å². The third kappa shape index (κ3) is 7.09. The largest absolute Gasteiger partial charge is 0.353 e. The smallest absolute Gasteiger partial charge is 0.252 e. The predicted octanol–water partition coefficient (Wildman–Crippen LogP) is 3.02. The highest BCUT2D eigenvalue weighted by molar-refractivity contribution is 8.00. The SMILES string of the molecule is Cc1nccn1CCCCNC(=O)c1ccccc1SCC(=O)NC(C)C. The molecule has 0 atom stereocenters. The van der Waals surface area contributed by atoms with Gasteiger partial charge in [0.25, 0.3) is 5.91 Å². The van der Waals surface area contributed by atoms with E-state index in [0.29, 0.717) is 17.9 Å². The van der Waals surface area contributed by atoms with E-state index in [4.69, 9.17) is 0 Å². The van der Waals surface area contributed by atoms with Gasteiger partial charge < -0.3 is 15.2 Å². The number of nitrogens with one attached hydrogen (secondary N) is 2. The zero-order chi connectivity index (χ0) is 19.6. The molecule has 0 fully saturated rings. The Labute approximate surface area is 165 Å². The molecule has 1 aromatic heterocycles. The molecule has 7 heteroatoms. The molecule has 0 spiro atoms. The highest BCUT2D eigenvalue weighted by Crippen LogP contribution is 2.22. The van der Waals surface area contributed by atoms with Gasteiger partial charge >= 0.3 is 0 Å². The number of aromatic nitrogens is 2. The zero-order valence-corrected chi connectivity index (χ0v) is 17.0. The third-order valence-electron chi connectivity index (χ3n) is 3.98. The maximum atomic E-state index is 12.5. The summed E-state index contributed by atoms with van der Waals surface area (Å²) in [6.07, 6.45) is 5.64. The molecule has 27 heavy (non-hydrogen) atoms. The van der Waals surface area contributed by atoms with Gasteiger partial charge in [-0.1, -0.05) is 12.1 Å². The first kappa shape index (κ1) is 21.0. The Morgan fingerprint density at radius 2 is 2.00 bits per heavy atom. The van der Waals surface area contributed by atoms with Crippen LogP contribution in [-0.2, 0) is 11.3 Å². The number of nitrogens with zero attached hydrogens (tertiary/aromatic N) is 2. The van der Waals surface area contributed by atoms with Gasteiger partial charge in [0.1, 0.15) is 5.82 Å². The van der Waals surface area contributed by atoms with Crippen molar-refractivity contribution in [2.24, 2.45) is 0 Å². The van der Waals surface area contributed by atoms with Crippen molar-refractivity contribution in [1.82, 2.24) is 20.2 Å². The zero-order valence-electron chi connectivity index (χ0n) is 16.2. The molecule has 0 aliphatic heterocycles. The first-order chi connectivity index (χ1) is 13.0. The lowest BCUT2D eigenvalue weighted by Gasteiger charge is -2.11. The van der Waals surface area contributed by atoms with E-state index in [2.05, 4.69) is 20.2 Å². The Kier molecular flexibility index (Phi) is 8.39. The van der Waals surface area contributed by atoms with E-state index in [1.165, 1.54) is 11.8 Å². The maximum absolute atomic E-state index is 12.5.